The highest BCUT2D eigenvalue weighted by molar-refractivity contribution is 5.97. The number of methoxy groups -OCH3 is 1. The highest BCUT2D eigenvalue weighted by Gasteiger charge is 2.26. The molecule has 3 rings (SSSR count). The number of benzene rings is 2. The monoisotopic (exact) mass is 315 g/mol. The minimum absolute atomic E-state index is 0.247. The van der Waals surface area contributed by atoms with E-state index in [1.54, 1.807) is 19.1 Å². The van der Waals surface area contributed by atoms with Gasteiger partial charge >= 0.3 is 0 Å². The van der Waals surface area contributed by atoms with E-state index in [4.69, 9.17) is 15.2 Å². The van der Waals surface area contributed by atoms with Crippen molar-refractivity contribution in [1.29, 1.82) is 0 Å². The SMILES string of the molecule is COc1c(C(N)=O)cc(Cc2ccc(C)c(F)c2)c2c1CCO2. The van der Waals surface area contributed by atoms with Gasteiger partial charge in [-0.25, -0.2) is 4.39 Å². The number of nitrogens with two attached hydrogens (primary N) is 1. The molecule has 1 aliphatic heterocycles. The van der Waals surface area contributed by atoms with Crippen molar-refractivity contribution in [3.63, 3.8) is 0 Å². The Hall–Kier alpha value is -2.56. The van der Waals surface area contributed by atoms with E-state index in [9.17, 15) is 9.18 Å². The van der Waals surface area contributed by atoms with Crippen LogP contribution in [0.15, 0.2) is 24.3 Å². The van der Waals surface area contributed by atoms with Crippen LogP contribution in [0.25, 0.3) is 0 Å². The van der Waals surface area contributed by atoms with Gasteiger partial charge in [-0.3, -0.25) is 4.79 Å². The van der Waals surface area contributed by atoms with Crippen molar-refractivity contribution in [2.75, 3.05) is 13.7 Å². The molecule has 0 bridgehead atoms. The van der Waals surface area contributed by atoms with Crippen LogP contribution in [0.4, 0.5) is 4.39 Å². The number of carbonyl (C=O) groups is 1. The Labute approximate surface area is 134 Å². The zero-order chi connectivity index (χ0) is 16.6. The van der Waals surface area contributed by atoms with Crippen molar-refractivity contribution >= 4 is 5.91 Å². The number of amides is 1. The Morgan fingerprint density at radius 3 is 2.83 bits per heavy atom. The molecular formula is C18H18FNO3. The van der Waals surface area contributed by atoms with Gasteiger partial charge in [0, 0.05) is 18.4 Å². The zero-order valence-corrected chi connectivity index (χ0v) is 13.1. The van der Waals surface area contributed by atoms with E-state index < -0.39 is 5.91 Å². The van der Waals surface area contributed by atoms with E-state index in [1.165, 1.54) is 13.2 Å². The molecule has 120 valence electrons. The molecule has 5 heteroatoms. The Bertz CT molecular complexity index is 786. The first-order valence-electron chi connectivity index (χ1n) is 7.41. The maximum absolute atomic E-state index is 13.8. The second-order valence-corrected chi connectivity index (χ2v) is 5.65. The summed E-state index contributed by atoms with van der Waals surface area (Å²) >= 11 is 0. The first-order valence-corrected chi connectivity index (χ1v) is 7.41. The highest BCUT2D eigenvalue weighted by atomic mass is 19.1. The van der Waals surface area contributed by atoms with Gasteiger partial charge in [0.25, 0.3) is 5.91 Å². The fraction of sp³-hybridized carbons (Fsp3) is 0.278. The molecule has 2 aromatic carbocycles. The molecule has 0 atom stereocenters. The summed E-state index contributed by atoms with van der Waals surface area (Å²) < 4.78 is 24.8. The third kappa shape index (κ3) is 2.74. The molecule has 0 saturated heterocycles. The van der Waals surface area contributed by atoms with Crippen molar-refractivity contribution < 1.29 is 18.7 Å². The van der Waals surface area contributed by atoms with Crippen LogP contribution in [-0.2, 0) is 12.8 Å². The summed E-state index contributed by atoms with van der Waals surface area (Å²) in [7, 11) is 1.51. The Morgan fingerprint density at radius 1 is 1.39 bits per heavy atom. The predicted molar refractivity (Wildman–Crippen MR) is 84.7 cm³/mol. The molecule has 1 aliphatic rings. The number of aryl methyl sites for hydroxylation is 1. The standard InChI is InChI=1S/C18H18FNO3/c1-10-3-4-11(8-15(10)19)7-12-9-14(18(20)21)17(22-2)13-5-6-23-16(12)13/h3-4,8-9H,5-7H2,1-2H3,(H2,20,21). The van der Waals surface area contributed by atoms with Crippen molar-refractivity contribution in [2.24, 2.45) is 5.73 Å². The predicted octanol–water partition coefficient (Wildman–Crippen LogP) is 2.77. The molecule has 2 aromatic rings. The van der Waals surface area contributed by atoms with Crippen molar-refractivity contribution in [3.05, 3.63) is 57.9 Å². The van der Waals surface area contributed by atoms with Gasteiger partial charge in [0.1, 0.15) is 17.3 Å². The zero-order valence-electron chi connectivity index (χ0n) is 13.1. The molecule has 0 saturated carbocycles. The molecule has 23 heavy (non-hydrogen) atoms. The van der Waals surface area contributed by atoms with Gasteiger partial charge in [0.05, 0.1) is 19.3 Å². The van der Waals surface area contributed by atoms with Gasteiger partial charge in [-0.1, -0.05) is 12.1 Å². The van der Waals surface area contributed by atoms with E-state index >= 15 is 0 Å². The smallest absolute Gasteiger partial charge is 0.252 e. The van der Waals surface area contributed by atoms with E-state index in [0.717, 1.165) is 16.7 Å². The van der Waals surface area contributed by atoms with Crippen LogP contribution in [0.2, 0.25) is 0 Å². The van der Waals surface area contributed by atoms with Crippen LogP contribution < -0.4 is 15.2 Å². The van der Waals surface area contributed by atoms with Crippen LogP contribution in [0.3, 0.4) is 0 Å². The molecule has 0 unspecified atom stereocenters. The average molecular weight is 315 g/mol. The number of ether oxygens (including phenoxy) is 2. The molecule has 1 amide bonds. The van der Waals surface area contributed by atoms with Crippen molar-refractivity contribution in [1.82, 2.24) is 0 Å². The van der Waals surface area contributed by atoms with Crippen LogP contribution in [-0.4, -0.2) is 19.6 Å². The first kappa shape index (κ1) is 15.3. The summed E-state index contributed by atoms with van der Waals surface area (Å²) in [5, 5.41) is 0. The molecule has 0 radical (unpaired) electrons. The maximum atomic E-state index is 13.8. The summed E-state index contributed by atoms with van der Waals surface area (Å²) in [6.07, 6.45) is 1.12. The molecule has 2 N–H and O–H groups in total. The topological polar surface area (TPSA) is 61.5 Å². The van der Waals surface area contributed by atoms with Crippen LogP contribution in [0.5, 0.6) is 11.5 Å². The van der Waals surface area contributed by atoms with E-state index in [0.29, 0.717) is 42.1 Å². The molecule has 4 nitrogen and oxygen atoms in total. The fourth-order valence-electron chi connectivity index (χ4n) is 2.94. The Morgan fingerprint density at radius 2 is 2.17 bits per heavy atom. The van der Waals surface area contributed by atoms with Gasteiger partial charge in [-0.05, 0) is 35.7 Å². The van der Waals surface area contributed by atoms with Crippen LogP contribution in [0.1, 0.15) is 32.6 Å². The van der Waals surface area contributed by atoms with E-state index in [-0.39, 0.29) is 5.82 Å². The number of carbonyl (C=O) groups excluding carboxylic acids is 1. The number of primary amides is 1. The summed E-state index contributed by atoms with van der Waals surface area (Å²) in [4.78, 5) is 11.7. The fourth-order valence-corrected chi connectivity index (χ4v) is 2.94. The molecule has 0 aliphatic carbocycles. The third-order valence-corrected chi connectivity index (χ3v) is 4.10. The maximum Gasteiger partial charge on any atom is 0.252 e. The number of fused-ring (bicyclic) bond motifs is 1. The summed E-state index contributed by atoms with van der Waals surface area (Å²) in [5.41, 5.74) is 8.88. The number of hydrogen-bond donors (Lipinski definition) is 1. The van der Waals surface area contributed by atoms with E-state index in [1.807, 2.05) is 6.07 Å². The summed E-state index contributed by atoms with van der Waals surface area (Å²) in [5.74, 6) is 0.397. The van der Waals surface area contributed by atoms with Crippen molar-refractivity contribution in [2.45, 2.75) is 19.8 Å². The molecule has 1 heterocycles. The second-order valence-electron chi connectivity index (χ2n) is 5.65. The second kappa shape index (κ2) is 5.91. The Kier molecular flexibility index (Phi) is 3.94. The van der Waals surface area contributed by atoms with Crippen LogP contribution in [0, 0.1) is 12.7 Å². The average Bonchev–Trinajstić information content (AvgIpc) is 3.00. The third-order valence-electron chi connectivity index (χ3n) is 4.10. The van der Waals surface area contributed by atoms with Crippen molar-refractivity contribution in [3.8, 4) is 11.5 Å². The number of halogens is 1. The quantitative estimate of drug-likeness (QED) is 0.943. The highest BCUT2D eigenvalue weighted by Crippen LogP contribution is 2.40. The van der Waals surface area contributed by atoms with Gasteiger partial charge in [0.15, 0.2) is 0 Å². The minimum Gasteiger partial charge on any atom is -0.495 e. The number of rotatable bonds is 4. The van der Waals surface area contributed by atoms with E-state index in [2.05, 4.69) is 0 Å². The lowest BCUT2D eigenvalue weighted by molar-refractivity contribution is 0.0997. The van der Waals surface area contributed by atoms with Crippen LogP contribution >= 0.6 is 0 Å². The largest absolute Gasteiger partial charge is 0.495 e. The first-order chi connectivity index (χ1) is 11.0. The normalized spacial score (nSPS) is 12.7. The lowest BCUT2D eigenvalue weighted by Crippen LogP contribution is -2.14. The lowest BCUT2D eigenvalue weighted by atomic mass is 9.96. The lowest BCUT2D eigenvalue weighted by Gasteiger charge is -2.15. The molecule has 0 spiro atoms. The molecule has 0 aromatic heterocycles. The van der Waals surface area contributed by atoms with Gasteiger partial charge in [0.2, 0.25) is 0 Å². The van der Waals surface area contributed by atoms with Gasteiger partial charge < -0.3 is 15.2 Å². The summed E-state index contributed by atoms with van der Waals surface area (Å²) in [6.45, 7) is 2.25. The van der Waals surface area contributed by atoms with Gasteiger partial charge in [-0.15, -0.1) is 0 Å². The Balaban J connectivity index is 2.08. The molecule has 0 fully saturated rings. The molecular weight excluding hydrogens is 297 g/mol. The van der Waals surface area contributed by atoms with Gasteiger partial charge in [-0.2, -0.15) is 0 Å². The summed E-state index contributed by atoms with van der Waals surface area (Å²) in [6, 6.07) is 6.80. The number of hydrogen-bond acceptors (Lipinski definition) is 3. The minimum atomic E-state index is -0.548.